The predicted octanol–water partition coefficient (Wildman–Crippen LogP) is 5.10. The summed E-state index contributed by atoms with van der Waals surface area (Å²) < 4.78 is 38.1. The Hall–Kier alpha value is -4.24. The molecule has 190 valence electrons. The molecule has 3 aromatic rings. The van der Waals surface area contributed by atoms with Crippen LogP contribution in [0.15, 0.2) is 66.7 Å². The second-order valence-electron chi connectivity index (χ2n) is 7.74. The highest BCUT2D eigenvalue weighted by Crippen LogP contribution is 2.29. The Morgan fingerprint density at radius 3 is 2.05 bits per heavy atom. The fourth-order valence-electron chi connectivity index (χ4n) is 3.49. The highest BCUT2D eigenvalue weighted by Gasteiger charge is 2.31. The van der Waals surface area contributed by atoms with Gasteiger partial charge in [-0.15, -0.1) is 0 Å². The fraction of sp³-hybridized carbons (Fsp3) is 0.179. The van der Waals surface area contributed by atoms with Crippen molar-refractivity contribution in [2.24, 2.45) is 0 Å². The minimum absolute atomic E-state index is 0.321. The molecule has 0 spiro atoms. The summed E-state index contributed by atoms with van der Waals surface area (Å²) in [5.74, 6) is 0.790. The quantitative estimate of drug-likeness (QED) is 0.236. The van der Waals surface area contributed by atoms with Gasteiger partial charge in [0.2, 0.25) is 5.91 Å². The highest BCUT2D eigenvalue weighted by molar-refractivity contribution is 8.15. The molecule has 1 saturated heterocycles. The Bertz CT molecular complexity index is 1400. The maximum absolute atomic E-state index is 12.6. The molecule has 0 bridgehead atoms. The Morgan fingerprint density at radius 1 is 0.946 bits per heavy atom. The van der Waals surface area contributed by atoms with Crippen LogP contribution in [0.5, 0.6) is 23.0 Å². The van der Waals surface area contributed by atoms with Crippen molar-refractivity contribution >= 4 is 40.5 Å². The number of amides is 2. The van der Waals surface area contributed by atoms with Crippen LogP contribution in [0.3, 0.4) is 0 Å². The van der Waals surface area contributed by atoms with Crippen molar-refractivity contribution in [3.05, 3.63) is 83.4 Å². The minimum atomic E-state index is -1.95. The van der Waals surface area contributed by atoms with Crippen molar-refractivity contribution in [2.75, 3.05) is 21.3 Å². The van der Waals surface area contributed by atoms with Gasteiger partial charge in [0, 0.05) is 7.44 Å². The third-order valence-electron chi connectivity index (χ3n) is 5.31. The third-order valence-corrected chi connectivity index (χ3v) is 6.12. The molecule has 37 heavy (non-hydrogen) atoms. The number of nitrogens with one attached hydrogen (secondary N) is 1. The van der Waals surface area contributed by atoms with Gasteiger partial charge in [-0.25, -0.2) is 4.79 Å². The van der Waals surface area contributed by atoms with Gasteiger partial charge in [-0.2, -0.15) is 0 Å². The van der Waals surface area contributed by atoms with Crippen molar-refractivity contribution in [3.8, 4) is 23.0 Å². The smallest absolute Gasteiger partial charge is 0.338 e. The summed E-state index contributed by atoms with van der Waals surface area (Å²) in [6.07, 6.45) is 0.411. The number of methoxy groups -OCH3 is 3. The number of imide groups is 1. The van der Waals surface area contributed by atoms with Crippen molar-refractivity contribution in [1.29, 1.82) is 0 Å². The summed E-state index contributed by atoms with van der Waals surface area (Å²) in [5.41, 5.74) is 2.01. The van der Waals surface area contributed by atoms with E-state index in [2.05, 4.69) is 5.32 Å². The summed E-state index contributed by atoms with van der Waals surface area (Å²) >= 11 is 0.495. The first-order chi connectivity index (χ1) is 18.7. The van der Waals surface area contributed by atoms with Gasteiger partial charge in [-0.3, -0.25) is 14.9 Å². The highest BCUT2D eigenvalue weighted by atomic mass is 32.2. The van der Waals surface area contributed by atoms with Crippen LogP contribution in [-0.2, 0) is 20.7 Å². The van der Waals surface area contributed by atoms with E-state index >= 15 is 0 Å². The first-order valence-electron chi connectivity index (χ1n) is 12.1. The van der Waals surface area contributed by atoms with Gasteiger partial charge < -0.3 is 18.9 Å². The number of hydrogen-bond donors (Lipinski definition) is 1. The van der Waals surface area contributed by atoms with Crippen LogP contribution < -0.4 is 19.5 Å². The summed E-state index contributed by atoms with van der Waals surface area (Å²) in [6.45, 7) is 0. The van der Waals surface area contributed by atoms with Gasteiger partial charge in [-0.1, -0.05) is 36.0 Å². The van der Waals surface area contributed by atoms with Crippen LogP contribution in [-0.4, -0.2) is 43.7 Å². The second kappa shape index (κ2) is 11.7. The molecule has 2 amide bonds. The average molecular weight is 522 g/mol. The molecule has 1 heterocycles. The van der Waals surface area contributed by atoms with E-state index in [9.17, 15) is 14.4 Å². The summed E-state index contributed by atoms with van der Waals surface area (Å²) in [6, 6.07) is 18.5. The van der Waals surface area contributed by atoms with Crippen molar-refractivity contribution in [1.82, 2.24) is 5.32 Å². The van der Waals surface area contributed by atoms with Crippen LogP contribution in [0.25, 0.3) is 11.6 Å². The zero-order chi connectivity index (χ0) is 28.2. The third kappa shape index (κ3) is 6.50. The van der Waals surface area contributed by atoms with Gasteiger partial charge >= 0.3 is 5.97 Å². The first-order valence-corrected chi connectivity index (χ1v) is 11.9. The number of carbonyl (C=O) groups excluding carboxylic acids is 3. The lowest BCUT2D eigenvalue weighted by molar-refractivity contribution is -0.133. The lowest BCUT2D eigenvalue weighted by Gasteiger charge is -2.11. The minimum Gasteiger partial charge on any atom is -0.497 e. The zero-order valence-electron chi connectivity index (χ0n) is 22.3. The number of esters is 1. The second-order valence-corrected chi connectivity index (χ2v) is 8.76. The Labute approximate surface area is 221 Å². The molecule has 3 aromatic carbocycles. The summed E-state index contributed by atoms with van der Waals surface area (Å²) in [7, 11) is 4.40. The maximum Gasteiger partial charge on any atom is 0.338 e. The van der Waals surface area contributed by atoms with E-state index in [0.717, 1.165) is 0 Å². The van der Waals surface area contributed by atoms with Crippen molar-refractivity contribution < 1.29 is 36.1 Å². The maximum atomic E-state index is 12.6. The number of rotatable bonds is 9. The molecule has 1 N–H and O–H groups in total. The molecular weight excluding hydrogens is 494 g/mol. The fourth-order valence-corrected chi connectivity index (χ4v) is 4.17. The molecule has 1 aliphatic heterocycles. The average Bonchev–Trinajstić information content (AvgIpc) is 3.22. The summed E-state index contributed by atoms with van der Waals surface area (Å²) in [5, 5.41) is -0.526. The topological polar surface area (TPSA) is 100 Å². The van der Waals surface area contributed by atoms with Crippen LogP contribution >= 0.6 is 11.8 Å². The zero-order valence-corrected chi connectivity index (χ0v) is 21.1. The number of hydrogen-bond acceptors (Lipinski definition) is 8. The normalized spacial score (nSPS) is 18.8. The van der Waals surface area contributed by atoms with Crippen LogP contribution in [0.4, 0.5) is 4.79 Å². The van der Waals surface area contributed by atoms with Gasteiger partial charge in [0.25, 0.3) is 5.24 Å². The monoisotopic (exact) mass is 521 g/mol. The van der Waals surface area contributed by atoms with E-state index in [-0.39, 0.29) is 0 Å². The van der Waals surface area contributed by atoms with Crippen LogP contribution in [0.1, 0.15) is 19.4 Å². The van der Waals surface area contributed by atoms with Crippen LogP contribution in [0.2, 0.25) is 0 Å². The first kappa shape index (κ1) is 23.2. The molecule has 2 unspecified atom stereocenters. The number of thioether (sulfide) groups is 1. The molecule has 0 aliphatic carbocycles. The van der Waals surface area contributed by atoms with Gasteiger partial charge in [0.1, 0.15) is 23.0 Å². The van der Waals surface area contributed by atoms with E-state index in [1.165, 1.54) is 7.11 Å². The summed E-state index contributed by atoms with van der Waals surface area (Å²) in [4.78, 5) is 36.1. The Balaban J connectivity index is 1.52. The van der Waals surface area contributed by atoms with Crippen molar-refractivity contribution in [2.45, 2.75) is 11.6 Å². The SMILES string of the molecule is [2H]C(c1ccc(Oc2ccc(/C(=C\c3cc(OC)cc(OC)c3)C(=O)OC)cc2)cc1)C1([2H])SC(=O)NC1=O. The van der Waals surface area contributed by atoms with Gasteiger partial charge in [0.05, 0.1) is 33.5 Å². The molecule has 2 atom stereocenters. The van der Waals surface area contributed by atoms with E-state index in [4.69, 9.17) is 21.7 Å². The molecular formula is C28H25NO7S. The molecule has 0 aromatic heterocycles. The van der Waals surface area contributed by atoms with E-state index < -0.39 is 28.7 Å². The van der Waals surface area contributed by atoms with Gasteiger partial charge in [-0.05, 0) is 65.6 Å². The largest absolute Gasteiger partial charge is 0.497 e. The van der Waals surface area contributed by atoms with E-state index in [0.29, 0.717) is 57.0 Å². The standard InChI is InChI=1S/C28H25NO7S/c1-33-22-12-18(13-23(16-22)34-2)14-24(27(31)35-3)19-6-10-21(11-7-19)36-20-8-4-17(5-9-20)15-25-26(30)29-28(32)37-25/h4-14,16,25H,15H2,1-3H3,(H,29,30,32)/b24-14+/i15D,25D. The van der Waals surface area contributed by atoms with E-state index in [1.807, 2.05) is 0 Å². The lowest BCUT2D eigenvalue weighted by atomic mass is 10.0. The van der Waals surface area contributed by atoms with Crippen molar-refractivity contribution in [3.63, 3.8) is 0 Å². The molecule has 1 fully saturated rings. The number of benzene rings is 3. The van der Waals surface area contributed by atoms with Gasteiger partial charge in [0.15, 0.2) is 0 Å². The molecule has 8 nitrogen and oxygen atoms in total. The molecule has 0 saturated carbocycles. The lowest BCUT2D eigenvalue weighted by Crippen LogP contribution is -2.25. The molecule has 1 aliphatic rings. The predicted molar refractivity (Wildman–Crippen MR) is 141 cm³/mol. The van der Waals surface area contributed by atoms with Crippen LogP contribution in [0, 0.1) is 0 Å². The number of carbonyl (C=O) groups is 3. The molecule has 0 radical (unpaired) electrons. The Kier molecular flexibility index (Phi) is 7.31. The molecule has 9 heteroatoms. The van der Waals surface area contributed by atoms with E-state index in [1.54, 1.807) is 87.0 Å². The Morgan fingerprint density at radius 2 is 1.54 bits per heavy atom. The molecule has 4 rings (SSSR count). The number of ether oxygens (including phenoxy) is 4.